The van der Waals surface area contributed by atoms with Gasteiger partial charge < -0.3 is 20.7 Å². The molecule has 3 heterocycles. The first-order valence-electron chi connectivity index (χ1n) is 8.77. The van der Waals surface area contributed by atoms with Gasteiger partial charge in [0.1, 0.15) is 0 Å². The third-order valence-corrected chi connectivity index (χ3v) is 5.47. The smallest absolute Gasteiger partial charge is 0.223 e. The van der Waals surface area contributed by atoms with E-state index in [1.165, 1.54) is 11.3 Å². The van der Waals surface area contributed by atoms with E-state index < -0.39 is 0 Å². The molecule has 0 atom stereocenters. The van der Waals surface area contributed by atoms with Crippen LogP contribution in [0.1, 0.15) is 17.5 Å². The van der Waals surface area contributed by atoms with Crippen molar-refractivity contribution >= 4 is 33.7 Å². The molecule has 0 aliphatic rings. The number of nitrogens with one attached hydrogen (secondary N) is 1. The summed E-state index contributed by atoms with van der Waals surface area (Å²) in [7, 11) is 4.02. The number of carbonyl (C=O) groups is 1. The van der Waals surface area contributed by atoms with Crippen LogP contribution in [0.15, 0.2) is 35.2 Å². The predicted molar refractivity (Wildman–Crippen MR) is 113 cm³/mol. The van der Waals surface area contributed by atoms with E-state index in [2.05, 4.69) is 20.2 Å². The first kappa shape index (κ1) is 20.2. The second kappa shape index (κ2) is 9.63. The van der Waals surface area contributed by atoms with E-state index in [4.69, 9.17) is 10.5 Å². The zero-order valence-electron chi connectivity index (χ0n) is 15.8. The second-order valence-corrected chi connectivity index (χ2v) is 8.31. The largest absolute Gasteiger partial charge is 0.477 e. The molecule has 0 saturated carbocycles. The minimum atomic E-state index is -0.0601. The summed E-state index contributed by atoms with van der Waals surface area (Å²) in [5.74, 6) is 0.479. The average Bonchev–Trinajstić information content (AvgIpc) is 3.28. The molecule has 3 N–H and O–H groups in total. The maximum atomic E-state index is 12.1. The Labute approximate surface area is 172 Å². The van der Waals surface area contributed by atoms with Crippen LogP contribution in [0.3, 0.4) is 0 Å². The zero-order chi connectivity index (χ0) is 19.9. The summed E-state index contributed by atoms with van der Waals surface area (Å²) in [4.78, 5) is 23.6. The van der Waals surface area contributed by atoms with E-state index in [-0.39, 0.29) is 18.9 Å². The van der Waals surface area contributed by atoms with Crippen molar-refractivity contribution in [3.05, 3.63) is 46.3 Å². The van der Waals surface area contributed by atoms with Crippen LogP contribution < -0.4 is 15.8 Å². The highest BCUT2D eigenvalue weighted by atomic mass is 32.1. The summed E-state index contributed by atoms with van der Waals surface area (Å²) < 4.78 is 5.61. The average molecular weight is 418 g/mol. The minimum Gasteiger partial charge on any atom is -0.477 e. The van der Waals surface area contributed by atoms with E-state index in [0.29, 0.717) is 17.6 Å². The van der Waals surface area contributed by atoms with Gasteiger partial charge in [0.05, 0.1) is 23.6 Å². The number of nitrogen functional groups attached to an aromatic ring is 1. The summed E-state index contributed by atoms with van der Waals surface area (Å²) >= 11 is 3.01. The van der Waals surface area contributed by atoms with Crippen molar-refractivity contribution in [2.75, 3.05) is 26.4 Å². The van der Waals surface area contributed by atoms with Crippen LogP contribution in [0.4, 0.5) is 5.13 Å². The third-order valence-electron chi connectivity index (χ3n) is 3.79. The van der Waals surface area contributed by atoms with Gasteiger partial charge in [0, 0.05) is 30.7 Å². The molecule has 3 aromatic heterocycles. The lowest BCUT2D eigenvalue weighted by Gasteiger charge is -2.11. The Bertz CT molecular complexity index is 922. The molecule has 0 saturated heterocycles. The topological polar surface area (TPSA) is 93.4 Å². The first-order chi connectivity index (χ1) is 13.5. The van der Waals surface area contributed by atoms with Gasteiger partial charge in [-0.3, -0.25) is 4.79 Å². The van der Waals surface area contributed by atoms with Crippen LogP contribution in [0.5, 0.6) is 5.88 Å². The molecule has 3 aromatic rings. The molecule has 0 aliphatic heterocycles. The van der Waals surface area contributed by atoms with Crippen LogP contribution >= 0.6 is 22.7 Å². The molecule has 3 rings (SSSR count). The number of nitrogens with two attached hydrogens (primary N) is 1. The van der Waals surface area contributed by atoms with Crippen LogP contribution in [0.25, 0.3) is 10.6 Å². The standard InChI is InChI=1S/C19H23N5O2S2/c1-24(2)10-13-3-5-21-18(8-13)26-6-4-17(25)22-9-14-7-16(27-11-14)15-12-28-19(20)23-15/h3,5,7-8,11-12H,4,6,9-10H2,1-2H3,(H2,20,23)(H,22,25). The van der Waals surface area contributed by atoms with E-state index >= 15 is 0 Å². The number of amides is 1. The van der Waals surface area contributed by atoms with Crippen molar-refractivity contribution < 1.29 is 9.53 Å². The van der Waals surface area contributed by atoms with Crippen molar-refractivity contribution in [3.63, 3.8) is 0 Å². The molecule has 0 radical (unpaired) electrons. The van der Waals surface area contributed by atoms with Gasteiger partial charge in [-0.25, -0.2) is 9.97 Å². The summed E-state index contributed by atoms with van der Waals surface area (Å²) in [6, 6.07) is 5.88. The lowest BCUT2D eigenvalue weighted by molar-refractivity contribution is -0.121. The van der Waals surface area contributed by atoms with Gasteiger partial charge in [-0.05, 0) is 42.7 Å². The molecule has 1 amide bonds. The molecule has 0 unspecified atom stereocenters. The van der Waals surface area contributed by atoms with Crippen LogP contribution in [-0.2, 0) is 17.9 Å². The van der Waals surface area contributed by atoms with Crippen LogP contribution in [0.2, 0.25) is 0 Å². The highest BCUT2D eigenvalue weighted by molar-refractivity contribution is 7.15. The molecule has 148 valence electrons. The number of thiazole rings is 1. The van der Waals surface area contributed by atoms with Crippen molar-refractivity contribution in [1.29, 1.82) is 0 Å². The highest BCUT2D eigenvalue weighted by Crippen LogP contribution is 2.29. The van der Waals surface area contributed by atoms with E-state index in [9.17, 15) is 4.79 Å². The van der Waals surface area contributed by atoms with Gasteiger partial charge >= 0.3 is 0 Å². The molecule has 0 spiro atoms. The molecular formula is C19H23N5O2S2. The van der Waals surface area contributed by atoms with Gasteiger partial charge in [-0.2, -0.15) is 0 Å². The van der Waals surface area contributed by atoms with Gasteiger partial charge in [-0.1, -0.05) is 0 Å². The van der Waals surface area contributed by atoms with Gasteiger partial charge in [0.15, 0.2) is 5.13 Å². The maximum Gasteiger partial charge on any atom is 0.223 e. The number of aromatic nitrogens is 2. The predicted octanol–water partition coefficient (Wildman–Crippen LogP) is 3.00. The molecule has 28 heavy (non-hydrogen) atoms. The SMILES string of the molecule is CN(C)Cc1ccnc(OCCC(=O)NCc2csc(-c3csc(N)n3)c2)c1. The van der Waals surface area contributed by atoms with E-state index in [1.807, 2.05) is 43.1 Å². The Kier molecular flexibility index (Phi) is 6.96. The summed E-state index contributed by atoms with van der Waals surface area (Å²) in [5, 5.41) is 7.42. The van der Waals surface area contributed by atoms with Crippen molar-refractivity contribution in [2.24, 2.45) is 0 Å². The number of hydrogen-bond acceptors (Lipinski definition) is 8. The number of carbonyl (C=O) groups excluding carboxylic acids is 1. The molecule has 0 aromatic carbocycles. The number of ether oxygens (including phenoxy) is 1. The second-order valence-electron chi connectivity index (χ2n) is 6.51. The Morgan fingerprint density at radius 3 is 2.86 bits per heavy atom. The van der Waals surface area contributed by atoms with E-state index in [0.717, 1.165) is 28.2 Å². The Balaban J connectivity index is 1.41. The quantitative estimate of drug-likeness (QED) is 0.556. The third kappa shape index (κ3) is 6.01. The molecule has 0 fully saturated rings. The number of thiophene rings is 1. The minimum absolute atomic E-state index is 0.0601. The summed E-state index contributed by atoms with van der Waals surface area (Å²) in [6.45, 7) is 1.58. The Hall–Kier alpha value is -2.49. The van der Waals surface area contributed by atoms with Crippen molar-refractivity contribution in [3.8, 4) is 16.5 Å². The zero-order valence-corrected chi connectivity index (χ0v) is 17.5. The molecule has 0 aliphatic carbocycles. The molecular weight excluding hydrogens is 394 g/mol. The number of anilines is 1. The van der Waals surface area contributed by atoms with Crippen molar-refractivity contribution in [1.82, 2.24) is 20.2 Å². The lowest BCUT2D eigenvalue weighted by atomic mass is 10.2. The van der Waals surface area contributed by atoms with Gasteiger partial charge in [-0.15, -0.1) is 22.7 Å². The number of rotatable bonds is 9. The maximum absolute atomic E-state index is 12.1. The first-order valence-corrected chi connectivity index (χ1v) is 10.5. The number of nitrogens with zero attached hydrogens (tertiary/aromatic N) is 3. The van der Waals surface area contributed by atoms with Gasteiger partial charge in [0.25, 0.3) is 0 Å². The summed E-state index contributed by atoms with van der Waals surface area (Å²) in [5.41, 5.74) is 8.71. The molecule has 7 nitrogen and oxygen atoms in total. The molecule has 0 bridgehead atoms. The number of pyridine rings is 1. The Morgan fingerprint density at radius 1 is 1.25 bits per heavy atom. The normalized spacial score (nSPS) is 11.0. The van der Waals surface area contributed by atoms with Crippen LogP contribution in [0, 0.1) is 0 Å². The van der Waals surface area contributed by atoms with Gasteiger partial charge in [0.2, 0.25) is 11.8 Å². The van der Waals surface area contributed by atoms with Crippen LogP contribution in [-0.4, -0.2) is 41.5 Å². The lowest BCUT2D eigenvalue weighted by Crippen LogP contribution is -2.24. The number of hydrogen-bond donors (Lipinski definition) is 2. The highest BCUT2D eigenvalue weighted by Gasteiger charge is 2.08. The fourth-order valence-corrected chi connectivity index (χ4v) is 4.05. The molecule has 9 heteroatoms. The summed E-state index contributed by atoms with van der Waals surface area (Å²) in [6.07, 6.45) is 2.00. The fraction of sp³-hybridized carbons (Fsp3) is 0.316. The fourth-order valence-electron chi connectivity index (χ4n) is 2.53. The monoisotopic (exact) mass is 417 g/mol. The van der Waals surface area contributed by atoms with E-state index in [1.54, 1.807) is 17.5 Å². The Morgan fingerprint density at radius 2 is 2.11 bits per heavy atom. The van der Waals surface area contributed by atoms with Crippen molar-refractivity contribution in [2.45, 2.75) is 19.5 Å².